The highest BCUT2D eigenvalue weighted by molar-refractivity contribution is 6.31. The number of nitrogens with one attached hydrogen (secondary N) is 1. The maximum atomic E-state index is 15.4. The maximum Gasteiger partial charge on any atom is 0.250 e. The number of carbonyl (C=O) groups excluding carboxylic acids is 1. The number of amides is 1. The van der Waals surface area contributed by atoms with Crippen molar-refractivity contribution in [2.24, 2.45) is 0 Å². The lowest BCUT2D eigenvalue weighted by Gasteiger charge is -2.39. The Labute approximate surface area is 213 Å². The molecule has 3 aromatic rings. The van der Waals surface area contributed by atoms with E-state index in [9.17, 15) is 9.90 Å². The van der Waals surface area contributed by atoms with Crippen LogP contribution in [0.4, 0.5) is 10.1 Å². The van der Waals surface area contributed by atoms with Gasteiger partial charge in [-0.1, -0.05) is 53.5 Å². The Morgan fingerprint density at radius 1 is 1.17 bits per heavy atom. The molecule has 1 amide bonds. The van der Waals surface area contributed by atoms with E-state index < -0.39 is 23.3 Å². The van der Waals surface area contributed by atoms with E-state index in [0.717, 1.165) is 11.3 Å². The highest BCUT2D eigenvalue weighted by Gasteiger charge is 2.63. The molecule has 1 fully saturated rings. The van der Waals surface area contributed by atoms with Gasteiger partial charge in [0, 0.05) is 34.8 Å². The fraction of sp³-hybridized carbons (Fsp3) is 0.296. The van der Waals surface area contributed by atoms with Crippen molar-refractivity contribution < 1.29 is 19.0 Å². The number of nitrogens with zero attached hydrogens (tertiary/aromatic N) is 1. The van der Waals surface area contributed by atoms with Gasteiger partial charge in [-0.2, -0.15) is 0 Å². The molecule has 35 heavy (non-hydrogen) atoms. The monoisotopic (exact) mass is 514 g/mol. The molecule has 8 heteroatoms. The van der Waals surface area contributed by atoms with E-state index in [0.29, 0.717) is 41.4 Å². The van der Waals surface area contributed by atoms with Gasteiger partial charge in [0.25, 0.3) is 0 Å². The van der Waals surface area contributed by atoms with Crippen LogP contribution in [0.5, 0.6) is 5.75 Å². The van der Waals surface area contributed by atoms with E-state index in [4.69, 9.17) is 27.9 Å². The van der Waals surface area contributed by atoms with Crippen LogP contribution in [0.2, 0.25) is 10.0 Å². The minimum atomic E-state index is -1.26. The first kappa shape index (κ1) is 24.1. The Morgan fingerprint density at radius 2 is 1.97 bits per heavy atom. The number of fused-ring (bicyclic) bond motifs is 2. The average Bonchev–Trinajstić information content (AvgIpc) is 3.31. The molecule has 3 aromatic carbocycles. The van der Waals surface area contributed by atoms with Crippen LogP contribution in [0, 0.1) is 5.82 Å². The second-order valence-electron chi connectivity index (χ2n) is 8.89. The number of ether oxygens (including phenoxy) is 1. The Kier molecular flexibility index (Phi) is 6.49. The highest BCUT2D eigenvalue weighted by atomic mass is 35.5. The van der Waals surface area contributed by atoms with Gasteiger partial charge in [0.2, 0.25) is 5.91 Å². The molecular weight excluding hydrogens is 490 g/mol. The van der Waals surface area contributed by atoms with Gasteiger partial charge in [0.15, 0.2) is 0 Å². The van der Waals surface area contributed by atoms with Crippen molar-refractivity contribution in [1.29, 1.82) is 0 Å². The molecule has 2 N–H and O–H groups in total. The molecule has 0 radical (unpaired) electrons. The molecule has 2 heterocycles. The number of aliphatic hydroxyl groups excluding tert-OH is 1. The van der Waals surface area contributed by atoms with Crippen LogP contribution in [0.1, 0.15) is 36.0 Å². The summed E-state index contributed by atoms with van der Waals surface area (Å²) in [6.07, 6.45) is 0.369. The van der Waals surface area contributed by atoms with Gasteiger partial charge in [0.1, 0.15) is 17.1 Å². The van der Waals surface area contributed by atoms with E-state index >= 15 is 4.39 Å². The summed E-state index contributed by atoms with van der Waals surface area (Å²) < 4.78 is 21.1. The van der Waals surface area contributed by atoms with Crippen LogP contribution in [0.15, 0.2) is 60.7 Å². The van der Waals surface area contributed by atoms with Crippen LogP contribution in [0.25, 0.3) is 0 Å². The van der Waals surface area contributed by atoms with E-state index in [1.165, 1.54) is 6.07 Å². The van der Waals surface area contributed by atoms with E-state index in [2.05, 4.69) is 5.32 Å². The molecule has 0 bridgehead atoms. The molecule has 1 spiro atoms. The van der Waals surface area contributed by atoms with Crippen molar-refractivity contribution in [1.82, 2.24) is 4.90 Å². The van der Waals surface area contributed by atoms with Gasteiger partial charge in [-0.25, -0.2) is 4.39 Å². The number of benzene rings is 3. The molecule has 1 saturated heterocycles. The Balaban J connectivity index is 1.70. The Hall–Kier alpha value is -2.64. The summed E-state index contributed by atoms with van der Waals surface area (Å²) in [5.74, 6) is -0.697. The summed E-state index contributed by atoms with van der Waals surface area (Å²) in [6.45, 7) is 2.60. The molecule has 0 aliphatic carbocycles. The molecule has 5 nitrogen and oxygen atoms in total. The third-order valence-corrected chi connectivity index (χ3v) is 7.55. The molecule has 0 unspecified atom stereocenters. The van der Waals surface area contributed by atoms with Crippen molar-refractivity contribution in [2.75, 3.05) is 18.5 Å². The van der Waals surface area contributed by atoms with Gasteiger partial charge in [-0.3, -0.25) is 9.69 Å². The average molecular weight is 515 g/mol. The standard InChI is InChI=1S/C27H25Cl2FN2O3/c1-2-35-19-6-3-5-16(11-19)14-32-18(15-33)13-22(20-7-4-8-23(29)25(20)30)27(32)21-10-9-17(28)12-24(21)31-26(27)34/h3-12,18,22,33H,2,13-15H2,1H3,(H,31,34)/t18-,22-,27-/m1/s1. The summed E-state index contributed by atoms with van der Waals surface area (Å²) in [4.78, 5) is 15.9. The van der Waals surface area contributed by atoms with Crippen molar-refractivity contribution in [3.8, 4) is 5.75 Å². The summed E-state index contributed by atoms with van der Waals surface area (Å²) in [6, 6.07) is 17.3. The van der Waals surface area contributed by atoms with E-state index in [1.807, 2.05) is 42.2 Å². The highest BCUT2D eigenvalue weighted by Crippen LogP contribution is 2.58. The van der Waals surface area contributed by atoms with E-state index in [1.54, 1.807) is 24.3 Å². The van der Waals surface area contributed by atoms with Crippen molar-refractivity contribution >= 4 is 34.8 Å². The predicted molar refractivity (Wildman–Crippen MR) is 135 cm³/mol. The Morgan fingerprint density at radius 3 is 2.74 bits per heavy atom. The molecule has 3 atom stereocenters. The van der Waals surface area contributed by atoms with Crippen LogP contribution in [-0.2, 0) is 16.9 Å². The van der Waals surface area contributed by atoms with Gasteiger partial charge in [0.05, 0.1) is 18.2 Å². The molecule has 2 aliphatic heterocycles. The van der Waals surface area contributed by atoms with Crippen LogP contribution in [0.3, 0.4) is 0 Å². The number of rotatable bonds is 6. The third kappa shape index (κ3) is 3.89. The summed E-state index contributed by atoms with van der Waals surface area (Å²) in [5.41, 5.74) is 1.28. The van der Waals surface area contributed by atoms with Crippen molar-refractivity contribution in [2.45, 2.75) is 37.4 Å². The van der Waals surface area contributed by atoms with E-state index in [-0.39, 0.29) is 17.5 Å². The quantitative estimate of drug-likeness (QED) is 0.441. The largest absolute Gasteiger partial charge is 0.494 e. The first-order chi connectivity index (χ1) is 16.9. The number of halogens is 3. The predicted octanol–water partition coefficient (Wildman–Crippen LogP) is 5.73. The minimum absolute atomic E-state index is 0.00389. The zero-order chi connectivity index (χ0) is 24.7. The summed E-state index contributed by atoms with van der Waals surface area (Å²) in [5, 5.41) is 13.9. The normalized spacial score (nSPS) is 23.5. The van der Waals surface area contributed by atoms with Crippen molar-refractivity contribution in [3.63, 3.8) is 0 Å². The molecule has 5 rings (SSSR count). The molecular formula is C27H25Cl2FN2O3. The fourth-order valence-electron chi connectivity index (χ4n) is 5.65. The van der Waals surface area contributed by atoms with Crippen LogP contribution < -0.4 is 10.1 Å². The first-order valence-electron chi connectivity index (χ1n) is 11.5. The summed E-state index contributed by atoms with van der Waals surface area (Å²) >= 11 is 12.4. The lowest BCUT2D eigenvalue weighted by Crippen LogP contribution is -2.52. The minimum Gasteiger partial charge on any atom is -0.494 e. The van der Waals surface area contributed by atoms with Gasteiger partial charge < -0.3 is 15.2 Å². The number of aliphatic hydroxyl groups is 1. The Bertz CT molecular complexity index is 1290. The smallest absolute Gasteiger partial charge is 0.250 e. The lowest BCUT2D eigenvalue weighted by atomic mass is 9.75. The molecule has 0 aromatic heterocycles. The number of carbonyl (C=O) groups is 1. The summed E-state index contributed by atoms with van der Waals surface area (Å²) in [7, 11) is 0. The molecule has 2 aliphatic rings. The zero-order valence-corrected chi connectivity index (χ0v) is 20.6. The number of likely N-dealkylation sites (tertiary alicyclic amines) is 1. The number of anilines is 1. The third-order valence-electron chi connectivity index (χ3n) is 7.02. The van der Waals surface area contributed by atoms with Crippen molar-refractivity contribution in [3.05, 3.63) is 93.2 Å². The van der Waals surface area contributed by atoms with Gasteiger partial charge in [-0.05, 0) is 54.8 Å². The zero-order valence-electron chi connectivity index (χ0n) is 19.1. The number of hydrogen-bond donors (Lipinski definition) is 2. The van der Waals surface area contributed by atoms with Gasteiger partial charge >= 0.3 is 0 Å². The topological polar surface area (TPSA) is 61.8 Å². The lowest BCUT2D eigenvalue weighted by molar-refractivity contribution is -0.128. The fourth-order valence-corrected chi connectivity index (χ4v) is 6.00. The first-order valence-corrected chi connectivity index (χ1v) is 12.3. The second-order valence-corrected chi connectivity index (χ2v) is 9.73. The number of hydrogen-bond acceptors (Lipinski definition) is 4. The second kappa shape index (κ2) is 9.43. The van der Waals surface area contributed by atoms with Crippen LogP contribution >= 0.6 is 23.2 Å². The molecule has 182 valence electrons. The maximum absolute atomic E-state index is 15.4. The SMILES string of the molecule is CCOc1cccc(CN2[C@@H](CO)C[C@H](c3cccc(Cl)c3F)[C@]23C(=O)Nc2cc(Cl)ccc23)c1. The van der Waals surface area contributed by atoms with Crippen LogP contribution in [-0.4, -0.2) is 35.2 Å². The molecule has 0 saturated carbocycles. The van der Waals surface area contributed by atoms with Gasteiger partial charge in [-0.15, -0.1) is 0 Å².